The second kappa shape index (κ2) is 7.72. The minimum atomic E-state index is -0.244. The molecule has 1 unspecified atom stereocenters. The Hall–Kier alpha value is -0.960. The third-order valence-electron chi connectivity index (χ3n) is 3.47. The molecule has 1 aromatic carbocycles. The van der Waals surface area contributed by atoms with E-state index in [9.17, 15) is 4.39 Å². The van der Waals surface area contributed by atoms with Crippen molar-refractivity contribution in [3.8, 4) is 6.07 Å². The third-order valence-corrected chi connectivity index (χ3v) is 4.11. The summed E-state index contributed by atoms with van der Waals surface area (Å²) in [6.45, 7) is 3.90. The van der Waals surface area contributed by atoms with Gasteiger partial charge < -0.3 is 4.74 Å². The Morgan fingerprint density at radius 2 is 2.35 bits per heavy atom. The Morgan fingerprint density at radius 1 is 1.50 bits per heavy atom. The number of halogens is 2. The zero-order valence-corrected chi connectivity index (χ0v) is 12.9. The van der Waals surface area contributed by atoms with Gasteiger partial charge in [-0.3, -0.25) is 4.90 Å². The molecule has 2 rings (SSSR count). The fraction of sp³-hybridized carbons (Fsp3) is 0.533. The molecule has 0 aliphatic carbocycles. The molecule has 1 aliphatic rings. The van der Waals surface area contributed by atoms with E-state index in [0.29, 0.717) is 29.9 Å². The van der Waals surface area contributed by atoms with Crippen molar-refractivity contribution in [3.05, 3.63) is 34.1 Å². The van der Waals surface area contributed by atoms with E-state index in [-0.39, 0.29) is 5.82 Å². The zero-order chi connectivity index (χ0) is 14.4. The van der Waals surface area contributed by atoms with Crippen LogP contribution in [-0.2, 0) is 11.3 Å². The molecule has 0 amide bonds. The van der Waals surface area contributed by atoms with E-state index in [0.717, 1.165) is 31.7 Å². The molecule has 0 saturated carbocycles. The van der Waals surface area contributed by atoms with Gasteiger partial charge in [-0.15, -0.1) is 0 Å². The molecule has 1 aliphatic heterocycles. The molecule has 20 heavy (non-hydrogen) atoms. The van der Waals surface area contributed by atoms with E-state index >= 15 is 0 Å². The molecule has 0 radical (unpaired) electrons. The lowest BCUT2D eigenvalue weighted by Gasteiger charge is -2.24. The van der Waals surface area contributed by atoms with Gasteiger partial charge in [-0.2, -0.15) is 5.26 Å². The Balaban J connectivity index is 1.98. The molecule has 1 heterocycles. The van der Waals surface area contributed by atoms with E-state index in [2.05, 4.69) is 26.9 Å². The van der Waals surface area contributed by atoms with Gasteiger partial charge in [-0.25, -0.2) is 4.39 Å². The van der Waals surface area contributed by atoms with E-state index in [1.807, 2.05) is 6.07 Å². The highest BCUT2D eigenvalue weighted by Crippen LogP contribution is 2.19. The highest BCUT2D eigenvalue weighted by molar-refractivity contribution is 9.10. The quantitative estimate of drug-likeness (QED) is 0.796. The highest BCUT2D eigenvalue weighted by Gasteiger charge is 2.19. The van der Waals surface area contributed by atoms with Crippen LogP contribution in [0.25, 0.3) is 0 Å². The summed E-state index contributed by atoms with van der Waals surface area (Å²) in [4.78, 5) is 2.21. The van der Waals surface area contributed by atoms with Crippen LogP contribution in [0.5, 0.6) is 0 Å². The SMILES string of the molecule is N#CCCN(Cc1ccc(Br)c(F)c1)CC1CCOC1. The van der Waals surface area contributed by atoms with Crippen LogP contribution < -0.4 is 0 Å². The normalized spacial score (nSPS) is 18.4. The Kier molecular flexibility index (Phi) is 5.96. The van der Waals surface area contributed by atoms with Crippen molar-refractivity contribution in [1.82, 2.24) is 4.90 Å². The molecule has 0 aromatic heterocycles. The van der Waals surface area contributed by atoms with Crippen molar-refractivity contribution < 1.29 is 9.13 Å². The summed E-state index contributed by atoms with van der Waals surface area (Å²) in [5.74, 6) is 0.279. The molecule has 1 fully saturated rings. The van der Waals surface area contributed by atoms with Crippen LogP contribution in [0.1, 0.15) is 18.4 Å². The third kappa shape index (κ3) is 4.55. The van der Waals surface area contributed by atoms with Gasteiger partial charge in [-0.05, 0) is 46.0 Å². The molecular formula is C15H18BrFN2O. The summed E-state index contributed by atoms with van der Waals surface area (Å²) >= 11 is 3.16. The van der Waals surface area contributed by atoms with Crippen LogP contribution >= 0.6 is 15.9 Å². The molecule has 1 aromatic rings. The Bertz CT molecular complexity index is 483. The maximum Gasteiger partial charge on any atom is 0.137 e. The fourth-order valence-electron chi connectivity index (χ4n) is 2.43. The maximum atomic E-state index is 13.5. The lowest BCUT2D eigenvalue weighted by atomic mass is 10.1. The first kappa shape index (κ1) is 15.4. The molecule has 3 nitrogen and oxygen atoms in total. The molecule has 1 atom stereocenters. The first-order valence-electron chi connectivity index (χ1n) is 6.80. The predicted molar refractivity (Wildman–Crippen MR) is 78.5 cm³/mol. The second-order valence-corrected chi connectivity index (χ2v) is 5.98. The maximum absolute atomic E-state index is 13.5. The summed E-state index contributed by atoms with van der Waals surface area (Å²) in [5, 5.41) is 8.76. The van der Waals surface area contributed by atoms with E-state index in [4.69, 9.17) is 10.00 Å². The zero-order valence-electron chi connectivity index (χ0n) is 11.3. The summed E-state index contributed by atoms with van der Waals surface area (Å²) in [7, 11) is 0. The molecule has 0 spiro atoms. The minimum Gasteiger partial charge on any atom is -0.381 e. The van der Waals surface area contributed by atoms with Crippen LogP contribution in [0.2, 0.25) is 0 Å². The van der Waals surface area contributed by atoms with Gasteiger partial charge in [0.25, 0.3) is 0 Å². The van der Waals surface area contributed by atoms with Crippen LogP contribution in [0.4, 0.5) is 4.39 Å². The second-order valence-electron chi connectivity index (χ2n) is 5.12. The molecule has 0 N–H and O–H groups in total. The predicted octanol–water partition coefficient (Wildman–Crippen LogP) is 3.34. The largest absolute Gasteiger partial charge is 0.381 e. The van der Waals surface area contributed by atoms with Gasteiger partial charge in [0.2, 0.25) is 0 Å². The average molecular weight is 341 g/mol. The number of hydrogen-bond donors (Lipinski definition) is 0. The minimum absolute atomic E-state index is 0.244. The summed E-state index contributed by atoms with van der Waals surface area (Å²) in [5.41, 5.74) is 0.933. The topological polar surface area (TPSA) is 36.3 Å². The molecule has 0 bridgehead atoms. The van der Waals surface area contributed by atoms with Crippen molar-refractivity contribution >= 4 is 15.9 Å². The monoisotopic (exact) mass is 340 g/mol. The number of hydrogen-bond acceptors (Lipinski definition) is 3. The van der Waals surface area contributed by atoms with Gasteiger partial charge in [-0.1, -0.05) is 6.07 Å². The highest BCUT2D eigenvalue weighted by atomic mass is 79.9. The smallest absolute Gasteiger partial charge is 0.137 e. The van der Waals surface area contributed by atoms with Crippen molar-refractivity contribution in [2.45, 2.75) is 19.4 Å². The summed E-state index contributed by atoms with van der Waals surface area (Å²) in [6.07, 6.45) is 1.56. The lowest BCUT2D eigenvalue weighted by molar-refractivity contribution is 0.165. The van der Waals surface area contributed by atoms with Crippen molar-refractivity contribution in [2.24, 2.45) is 5.92 Å². The first-order chi connectivity index (χ1) is 9.69. The van der Waals surface area contributed by atoms with Crippen LogP contribution in [0.15, 0.2) is 22.7 Å². The van der Waals surface area contributed by atoms with Crippen molar-refractivity contribution in [3.63, 3.8) is 0 Å². The summed E-state index contributed by atoms with van der Waals surface area (Å²) < 4.78 is 19.4. The number of nitriles is 1. The number of nitrogens with zero attached hydrogens (tertiary/aromatic N) is 2. The number of benzene rings is 1. The molecule has 108 valence electrons. The summed E-state index contributed by atoms with van der Waals surface area (Å²) in [6, 6.07) is 7.37. The Labute approximate surface area is 127 Å². The van der Waals surface area contributed by atoms with E-state index < -0.39 is 0 Å². The van der Waals surface area contributed by atoms with Gasteiger partial charge >= 0.3 is 0 Å². The van der Waals surface area contributed by atoms with Gasteiger partial charge in [0.15, 0.2) is 0 Å². The standard InChI is InChI=1S/C15H18BrFN2O/c16-14-3-2-12(8-15(14)17)9-19(6-1-5-18)10-13-4-7-20-11-13/h2-3,8,13H,1,4,6-7,9-11H2. The van der Waals surface area contributed by atoms with Gasteiger partial charge in [0.1, 0.15) is 5.82 Å². The van der Waals surface area contributed by atoms with Crippen molar-refractivity contribution in [2.75, 3.05) is 26.3 Å². The Morgan fingerprint density at radius 3 is 3.00 bits per heavy atom. The van der Waals surface area contributed by atoms with Crippen LogP contribution in [0.3, 0.4) is 0 Å². The fourth-order valence-corrected chi connectivity index (χ4v) is 2.68. The number of rotatable bonds is 6. The lowest BCUT2D eigenvalue weighted by Crippen LogP contribution is -2.30. The number of ether oxygens (including phenoxy) is 1. The van der Waals surface area contributed by atoms with E-state index in [1.165, 1.54) is 0 Å². The molecule has 5 heteroatoms. The first-order valence-corrected chi connectivity index (χ1v) is 7.59. The van der Waals surface area contributed by atoms with Gasteiger partial charge in [0.05, 0.1) is 17.1 Å². The van der Waals surface area contributed by atoms with Crippen molar-refractivity contribution in [1.29, 1.82) is 5.26 Å². The average Bonchev–Trinajstić information content (AvgIpc) is 2.93. The van der Waals surface area contributed by atoms with E-state index in [1.54, 1.807) is 12.1 Å². The van der Waals surface area contributed by atoms with Crippen LogP contribution in [-0.4, -0.2) is 31.2 Å². The van der Waals surface area contributed by atoms with Crippen LogP contribution in [0, 0.1) is 23.1 Å². The molecular weight excluding hydrogens is 323 g/mol. The molecule has 1 saturated heterocycles. The van der Waals surface area contributed by atoms with Gasteiger partial charge in [0, 0.05) is 32.7 Å².